The number of H-pyrrole nitrogens is 1. The van der Waals surface area contributed by atoms with E-state index in [4.69, 9.17) is 9.88 Å². The zero-order valence-electron chi connectivity index (χ0n) is 17.0. The van der Waals surface area contributed by atoms with Crippen LogP contribution in [-0.2, 0) is 32.4 Å². The van der Waals surface area contributed by atoms with Crippen molar-refractivity contribution in [3.63, 3.8) is 0 Å². The van der Waals surface area contributed by atoms with E-state index in [1.54, 1.807) is 12.1 Å². The number of nitrogens with one attached hydrogen (secondary N) is 2. The van der Waals surface area contributed by atoms with Crippen molar-refractivity contribution >= 4 is 38.5 Å². The highest BCUT2D eigenvalue weighted by atomic mass is 32.2. The van der Waals surface area contributed by atoms with Gasteiger partial charge in [-0.05, 0) is 74.6 Å². The van der Waals surface area contributed by atoms with E-state index in [0.29, 0.717) is 5.56 Å². The lowest BCUT2D eigenvalue weighted by Crippen LogP contribution is -2.30. The molecule has 1 amide bonds. The number of aromatic nitrogens is 1. The minimum atomic E-state index is -3.90. The Morgan fingerprint density at radius 3 is 2.68 bits per heavy atom. The van der Waals surface area contributed by atoms with E-state index < -0.39 is 28.0 Å². The molecule has 0 fully saturated rings. The van der Waals surface area contributed by atoms with Crippen molar-refractivity contribution in [1.29, 1.82) is 0 Å². The molecule has 31 heavy (non-hydrogen) atoms. The fraction of sp³-hybridized carbons (Fsp3) is 0.273. The molecule has 1 aliphatic rings. The average molecular weight is 442 g/mol. The summed E-state index contributed by atoms with van der Waals surface area (Å²) < 4.78 is 28.3. The molecule has 0 radical (unpaired) electrons. The molecule has 3 aromatic rings. The van der Waals surface area contributed by atoms with Gasteiger partial charge in [0.15, 0.2) is 6.10 Å². The molecule has 2 aromatic carbocycles. The number of fused-ring (bicyclic) bond motifs is 3. The lowest BCUT2D eigenvalue weighted by molar-refractivity contribution is -0.123. The van der Waals surface area contributed by atoms with Crippen molar-refractivity contribution in [3.8, 4) is 0 Å². The Labute approximate surface area is 179 Å². The van der Waals surface area contributed by atoms with E-state index in [0.717, 1.165) is 36.6 Å². The molecule has 1 unspecified atom stereocenters. The summed E-state index contributed by atoms with van der Waals surface area (Å²) in [4.78, 5) is 28.3. The summed E-state index contributed by atoms with van der Waals surface area (Å²) in [5.74, 6) is -1.19. The van der Waals surface area contributed by atoms with Gasteiger partial charge in [-0.25, -0.2) is 18.4 Å². The van der Waals surface area contributed by atoms with Gasteiger partial charge in [0.05, 0.1) is 10.5 Å². The summed E-state index contributed by atoms with van der Waals surface area (Å²) in [5, 5.41) is 8.66. The molecule has 4 rings (SSSR count). The summed E-state index contributed by atoms with van der Waals surface area (Å²) in [6.45, 7) is 1.45. The van der Waals surface area contributed by atoms with E-state index in [1.165, 1.54) is 42.4 Å². The first-order chi connectivity index (χ1) is 14.7. The average Bonchev–Trinajstić information content (AvgIpc) is 3.11. The predicted octanol–water partition coefficient (Wildman–Crippen LogP) is 2.88. The zero-order valence-corrected chi connectivity index (χ0v) is 17.8. The minimum Gasteiger partial charge on any atom is -0.449 e. The molecule has 0 bridgehead atoms. The monoisotopic (exact) mass is 441 g/mol. The van der Waals surface area contributed by atoms with Gasteiger partial charge < -0.3 is 15.0 Å². The first kappa shape index (κ1) is 21.1. The summed E-state index contributed by atoms with van der Waals surface area (Å²) in [7, 11) is -3.90. The second kappa shape index (κ2) is 8.16. The van der Waals surface area contributed by atoms with Crippen molar-refractivity contribution < 1.29 is 22.7 Å². The molecule has 1 aromatic heterocycles. The number of anilines is 1. The highest BCUT2D eigenvalue weighted by molar-refractivity contribution is 7.89. The molecule has 0 saturated heterocycles. The molecule has 162 valence electrons. The SMILES string of the molecule is CC(OC(=O)c1ccc2[nH]c3c(c2c1)CCCC3)C(=O)Nc1cccc(S(N)(=O)=O)c1. The van der Waals surface area contributed by atoms with E-state index in [9.17, 15) is 18.0 Å². The van der Waals surface area contributed by atoms with E-state index >= 15 is 0 Å². The Morgan fingerprint density at radius 2 is 1.90 bits per heavy atom. The Morgan fingerprint density at radius 1 is 1.13 bits per heavy atom. The number of amides is 1. The zero-order chi connectivity index (χ0) is 22.2. The van der Waals surface area contributed by atoms with Crippen molar-refractivity contribution in [2.45, 2.75) is 43.6 Å². The van der Waals surface area contributed by atoms with Crippen LogP contribution in [0.4, 0.5) is 5.69 Å². The van der Waals surface area contributed by atoms with E-state index in [-0.39, 0.29) is 10.6 Å². The summed E-state index contributed by atoms with van der Waals surface area (Å²) in [6.07, 6.45) is 3.18. The van der Waals surface area contributed by atoms with Gasteiger partial charge in [0.25, 0.3) is 5.91 Å². The van der Waals surface area contributed by atoms with Gasteiger partial charge in [-0.2, -0.15) is 0 Å². The molecule has 1 aliphatic carbocycles. The molecule has 9 heteroatoms. The number of carbonyl (C=O) groups is 2. The number of benzene rings is 2. The maximum absolute atomic E-state index is 12.6. The van der Waals surface area contributed by atoms with Crippen LogP contribution < -0.4 is 10.5 Å². The molecule has 1 atom stereocenters. The molecule has 0 spiro atoms. The summed E-state index contributed by atoms with van der Waals surface area (Å²) in [5.41, 5.74) is 4.07. The number of rotatable bonds is 5. The molecule has 0 saturated carbocycles. The topological polar surface area (TPSA) is 131 Å². The fourth-order valence-electron chi connectivity index (χ4n) is 3.81. The molecular weight excluding hydrogens is 418 g/mol. The number of hydrogen-bond acceptors (Lipinski definition) is 5. The van der Waals surface area contributed by atoms with Crippen molar-refractivity contribution in [3.05, 3.63) is 59.3 Å². The van der Waals surface area contributed by atoms with Gasteiger partial charge in [-0.15, -0.1) is 0 Å². The number of nitrogens with two attached hydrogens (primary N) is 1. The fourth-order valence-corrected chi connectivity index (χ4v) is 4.37. The van der Waals surface area contributed by atoms with Gasteiger partial charge in [-0.1, -0.05) is 6.07 Å². The van der Waals surface area contributed by atoms with E-state index in [1.807, 2.05) is 6.07 Å². The third-order valence-corrected chi connectivity index (χ3v) is 6.33. The van der Waals surface area contributed by atoms with Gasteiger partial charge in [-0.3, -0.25) is 4.79 Å². The maximum Gasteiger partial charge on any atom is 0.338 e. The van der Waals surface area contributed by atoms with Crippen LogP contribution in [0.25, 0.3) is 10.9 Å². The van der Waals surface area contributed by atoms with Crippen molar-refractivity contribution in [2.24, 2.45) is 5.14 Å². The number of primary sulfonamides is 1. The molecular formula is C22H23N3O5S. The highest BCUT2D eigenvalue weighted by Crippen LogP contribution is 2.30. The standard InChI is InChI=1S/C22H23N3O5S/c1-13(21(26)24-15-5-4-6-16(12-15)31(23,28)29)30-22(27)14-9-10-20-18(11-14)17-7-2-3-8-19(17)25-20/h4-6,9-13,25H,2-3,7-8H2,1H3,(H,24,26)(H2,23,28,29). The lowest BCUT2D eigenvalue weighted by Gasteiger charge is -2.14. The maximum atomic E-state index is 12.6. The van der Waals surface area contributed by atoms with Gasteiger partial charge in [0, 0.05) is 22.3 Å². The smallest absolute Gasteiger partial charge is 0.338 e. The second-order valence-electron chi connectivity index (χ2n) is 7.66. The first-order valence-corrected chi connectivity index (χ1v) is 11.6. The van der Waals surface area contributed by atoms with Crippen LogP contribution >= 0.6 is 0 Å². The number of sulfonamides is 1. The van der Waals surface area contributed by atoms with Crippen LogP contribution in [0.5, 0.6) is 0 Å². The van der Waals surface area contributed by atoms with Crippen LogP contribution in [0.3, 0.4) is 0 Å². The van der Waals surface area contributed by atoms with Crippen LogP contribution in [0.15, 0.2) is 47.4 Å². The third-order valence-electron chi connectivity index (χ3n) is 5.42. The third kappa shape index (κ3) is 4.47. The number of carbonyl (C=O) groups excluding carboxylic acids is 2. The minimum absolute atomic E-state index is 0.127. The van der Waals surface area contributed by atoms with Crippen molar-refractivity contribution in [1.82, 2.24) is 4.98 Å². The largest absolute Gasteiger partial charge is 0.449 e. The highest BCUT2D eigenvalue weighted by Gasteiger charge is 2.21. The molecule has 0 aliphatic heterocycles. The molecule has 4 N–H and O–H groups in total. The lowest BCUT2D eigenvalue weighted by atomic mass is 9.95. The second-order valence-corrected chi connectivity index (χ2v) is 9.22. The van der Waals surface area contributed by atoms with Gasteiger partial charge >= 0.3 is 5.97 Å². The first-order valence-electron chi connectivity index (χ1n) is 10.0. The van der Waals surface area contributed by atoms with Gasteiger partial charge in [0.2, 0.25) is 10.0 Å². The predicted molar refractivity (Wildman–Crippen MR) is 116 cm³/mol. The van der Waals surface area contributed by atoms with Crippen LogP contribution in [0.1, 0.15) is 41.4 Å². The Kier molecular flexibility index (Phi) is 5.55. The van der Waals surface area contributed by atoms with Crippen LogP contribution in [-0.4, -0.2) is 31.4 Å². The number of hydrogen-bond donors (Lipinski definition) is 3. The Hall–Kier alpha value is -3.17. The number of aromatic amines is 1. The van der Waals surface area contributed by atoms with E-state index in [2.05, 4.69) is 10.3 Å². The molecule has 8 nitrogen and oxygen atoms in total. The van der Waals surface area contributed by atoms with Crippen LogP contribution in [0, 0.1) is 0 Å². The van der Waals surface area contributed by atoms with Crippen molar-refractivity contribution in [2.75, 3.05) is 5.32 Å². The molecule has 1 heterocycles. The Bertz CT molecular complexity index is 1280. The van der Waals surface area contributed by atoms with Gasteiger partial charge in [0.1, 0.15) is 0 Å². The normalized spacial score (nSPS) is 14.6. The quantitative estimate of drug-likeness (QED) is 0.524. The van der Waals surface area contributed by atoms with Crippen LogP contribution in [0.2, 0.25) is 0 Å². The summed E-state index contributed by atoms with van der Waals surface area (Å²) in [6, 6.07) is 10.9. The number of esters is 1. The Balaban J connectivity index is 1.46. The summed E-state index contributed by atoms with van der Waals surface area (Å²) >= 11 is 0. The number of aryl methyl sites for hydroxylation is 2. The number of ether oxygens (including phenoxy) is 1.